The van der Waals surface area contributed by atoms with E-state index in [1.807, 2.05) is 23.4 Å². The molecule has 1 aliphatic rings. The Balaban J connectivity index is 2.18. The number of carbonyl (C=O) groups is 1. The maximum absolute atomic E-state index is 14.7. The van der Waals surface area contributed by atoms with Crippen molar-refractivity contribution in [2.75, 3.05) is 38.1 Å². The molecule has 2 aromatic rings. The SMILES string of the molecule is CCCn1cc(C(N)=O)c(=O)c2cc(F)c(N3CCN(C)CC3)cc21. The van der Waals surface area contributed by atoms with Crippen LogP contribution in [0.1, 0.15) is 23.7 Å². The molecule has 3 rings (SSSR count). The molecule has 1 aromatic carbocycles. The van der Waals surface area contributed by atoms with Crippen LogP contribution < -0.4 is 16.1 Å². The number of anilines is 1. The predicted molar refractivity (Wildman–Crippen MR) is 96.7 cm³/mol. The average molecular weight is 346 g/mol. The van der Waals surface area contributed by atoms with Gasteiger partial charge in [0.15, 0.2) is 0 Å². The summed E-state index contributed by atoms with van der Waals surface area (Å²) in [5.74, 6) is -1.24. The number of nitrogens with two attached hydrogens (primary N) is 1. The number of carbonyl (C=O) groups excluding carboxylic acids is 1. The molecule has 25 heavy (non-hydrogen) atoms. The minimum Gasteiger partial charge on any atom is -0.367 e. The van der Waals surface area contributed by atoms with Crippen LogP contribution in [0.15, 0.2) is 23.1 Å². The highest BCUT2D eigenvalue weighted by Crippen LogP contribution is 2.26. The summed E-state index contributed by atoms with van der Waals surface area (Å²) >= 11 is 0. The zero-order valence-electron chi connectivity index (χ0n) is 14.6. The molecule has 1 aromatic heterocycles. The molecule has 2 heterocycles. The third-order valence-electron chi connectivity index (χ3n) is 4.72. The van der Waals surface area contributed by atoms with Gasteiger partial charge in [0.2, 0.25) is 5.43 Å². The first-order valence-corrected chi connectivity index (χ1v) is 8.52. The minimum atomic E-state index is -0.791. The molecule has 0 atom stereocenters. The molecule has 1 fully saturated rings. The topological polar surface area (TPSA) is 71.6 Å². The van der Waals surface area contributed by atoms with E-state index in [0.29, 0.717) is 17.7 Å². The quantitative estimate of drug-likeness (QED) is 0.908. The zero-order valence-corrected chi connectivity index (χ0v) is 14.6. The van der Waals surface area contributed by atoms with Crippen LogP contribution in [-0.4, -0.2) is 48.6 Å². The molecule has 1 aliphatic heterocycles. The van der Waals surface area contributed by atoms with Crippen molar-refractivity contribution in [3.05, 3.63) is 39.9 Å². The monoisotopic (exact) mass is 346 g/mol. The van der Waals surface area contributed by atoms with Gasteiger partial charge in [0, 0.05) is 44.3 Å². The molecule has 6 nitrogen and oxygen atoms in total. The summed E-state index contributed by atoms with van der Waals surface area (Å²) in [5.41, 5.74) is 5.82. The first-order chi connectivity index (χ1) is 11.9. The Morgan fingerprint density at radius 1 is 1.24 bits per heavy atom. The fourth-order valence-corrected chi connectivity index (χ4v) is 3.29. The number of piperazine rings is 1. The Labute approximate surface area is 145 Å². The Morgan fingerprint density at radius 2 is 1.92 bits per heavy atom. The number of nitrogens with zero attached hydrogens (tertiary/aromatic N) is 3. The summed E-state index contributed by atoms with van der Waals surface area (Å²) in [5, 5.41) is 0.195. The third kappa shape index (κ3) is 3.24. The summed E-state index contributed by atoms with van der Waals surface area (Å²) in [6.07, 6.45) is 2.31. The molecule has 7 heteroatoms. The van der Waals surface area contributed by atoms with E-state index in [4.69, 9.17) is 5.73 Å². The van der Waals surface area contributed by atoms with Crippen molar-refractivity contribution in [2.24, 2.45) is 5.73 Å². The maximum Gasteiger partial charge on any atom is 0.254 e. The second-order valence-electron chi connectivity index (χ2n) is 6.54. The first kappa shape index (κ1) is 17.4. The number of pyridine rings is 1. The smallest absolute Gasteiger partial charge is 0.254 e. The van der Waals surface area contributed by atoms with E-state index in [9.17, 15) is 14.0 Å². The van der Waals surface area contributed by atoms with Gasteiger partial charge in [-0.15, -0.1) is 0 Å². The van der Waals surface area contributed by atoms with Crippen LogP contribution in [0.25, 0.3) is 10.9 Å². The van der Waals surface area contributed by atoms with Crippen LogP contribution in [0, 0.1) is 5.82 Å². The number of hydrogen-bond donors (Lipinski definition) is 1. The number of aryl methyl sites for hydroxylation is 1. The molecule has 0 radical (unpaired) electrons. The number of fused-ring (bicyclic) bond motifs is 1. The first-order valence-electron chi connectivity index (χ1n) is 8.52. The molecular weight excluding hydrogens is 323 g/mol. The third-order valence-corrected chi connectivity index (χ3v) is 4.72. The van der Waals surface area contributed by atoms with E-state index in [1.165, 1.54) is 12.3 Å². The number of benzene rings is 1. The Morgan fingerprint density at radius 3 is 2.52 bits per heavy atom. The van der Waals surface area contributed by atoms with Gasteiger partial charge >= 0.3 is 0 Å². The number of aromatic nitrogens is 1. The predicted octanol–water partition coefficient (Wildman–Crippen LogP) is 1.40. The van der Waals surface area contributed by atoms with Crippen molar-refractivity contribution in [1.82, 2.24) is 9.47 Å². The fraction of sp³-hybridized carbons (Fsp3) is 0.444. The molecule has 0 spiro atoms. The number of amides is 1. The van der Waals surface area contributed by atoms with E-state index < -0.39 is 17.2 Å². The lowest BCUT2D eigenvalue weighted by Gasteiger charge is -2.34. The highest BCUT2D eigenvalue weighted by Gasteiger charge is 2.21. The second kappa shape index (κ2) is 6.84. The number of primary amides is 1. The normalized spacial score (nSPS) is 15.7. The molecule has 0 bridgehead atoms. The van der Waals surface area contributed by atoms with E-state index in [2.05, 4.69) is 4.90 Å². The van der Waals surface area contributed by atoms with Crippen molar-refractivity contribution >= 4 is 22.5 Å². The number of halogens is 1. The van der Waals surface area contributed by atoms with Crippen LogP contribution in [0.3, 0.4) is 0 Å². The lowest BCUT2D eigenvalue weighted by Crippen LogP contribution is -2.44. The summed E-state index contributed by atoms with van der Waals surface area (Å²) in [6, 6.07) is 2.96. The van der Waals surface area contributed by atoms with Crippen LogP contribution in [0.5, 0.6) is 0 Å². The largest absolute Gasteiger partial charge is 0.367 e. The highest BCUT2D eigenvalue weighted by atomic mass is 19.1. The Kier molecular flexibility index (Phi) is 4.76. The van der Waals surface area contributed by atoms with Gasteiger partial charge < -0.3 is 20.1 Å². The van der Waals surface area contributed by atoms with Gasteiger partial charge in [-0.05, 0) is 25.6 Å². The number of rotatable bonds is 4. The van der Waals surface area contributed by atoms with Gasteiger partial charge in [-0.2, -0.15) is 0 Å². The summed E-state index contributed by atoms with van der Waals surface area (Å²) < 4.78 is 16.5. The molecule has 0 aliphatic carbocycles. The van der Waals surface area contributed by atoms with Crippen molar-refractivity contribution < 1.29 is 9.18 Å². The Hall–Kier alpha value is -2.41. The zero-order chi connectivity index (χ0) is 18.1. The van der Waals surface area contributed by atoms with E-state index in [0.717, 1.165) is 32.6 Å². The van der Waals surface area contributed by atoms with Crippen molar-refractivity contribution in [1.29, 1.82) is 0 Å². The second-order valence-corrected chi connectivity index (χ2v) is 6.54. The number of hydrogen-bond acceptors (Lipinski definition) is 4. The maximum atomic E-state index is 14.7. The van der Waals surface area contributed by atoms with Crippen molar-refractivity contribution in [2.45, 2.75) is 19.9 Å². The summed E-state index contributed by atoms with van der Waals surface area (Å²) in [7, 11) is 2.04. The molecule has 0 unspecified atom stereocenters. The summed E-state index contributed by atoms with van der Waals surface area (Å²) in [6.45, 7) is 5.80. The van der Waals surface area contributed by atoms with Crippen LogP contribution >= 0.6 is 0 Å². The van der Waals surface area contributed by atoms with Gasteiger partial charge in [-0.3, -0.25) is 9.59 Å². The molecule has 1 saturated heterocycles. The van der Waals surface area contributed by atoms with Gasteiger partial charge in [-0.25, -0.2) is 4.39 Å². The number of likely N-dealkylation sites (N-methyl/N-ethyl adjacent to an activating group) is 1. The van der Waals surface area contributed by atoms with Crippen LogP contribution in [0.4, 0.5) is 10.1 Å². The summed E-state index contributed by atoms with van der Waals surface area (Å²) in [4.78, 5) is 28.3. The highest BCUT2D eigenvalue weighted by molar-refractivity contribution is 5.96. The lowest BCUT2D eigenvalue weighted by molar-refractivity contribution is 0.0998. The minimum absolute atomic E-state index is 0.104. The van der Waals surface area contributed by atoms with Gasteiger partial charge in [0.25, 0.3) is 5.91 Å². The van der Waals surface area contributed by atoms with Gasteiger partial charge in [-0.1, -0.05) is 6.92 Å². The van der Waals surface area contributed by atoms with E-state index >= 15 is 0 Å². The molecule has 1 amide bonds. The van der Waals surface area contributed by atoms with Crippen molar-refractivity contribution in [3.63, 3.8) is 0 Å². The van der Waals surface area contributed by atoms with E-state index in [1.54, 1.807) is 6.07 Å². The lowest BCUT2D eigenvalue weighted by atomic mass is 10.1. The molecular formula is C18H23FN4O2. The fourth-order valence-electron chi connectivity index (χ4n) is 3.29. The van der Waals surface area contributed by atoms with Crippen LogP contribution in [-0.2, 0) is 6.54 Å². The van der Waals surface area contributed by atoms with Gasteiger partial charge in [0.05, 0.1) is 11.2 Å². The van der Waals surface area contributed by atoms with E-state index in [-0.39, 0.29) is 10.9 Å². The standard InChI is InChI=1S/C18H23FN4O2/c1-3-4-23-11-13(18(20)25)17(24)12-9-14(19)16(10-15(12)23)22-7-5-21(2)6-8-22/h9-11H,3-8H2,1-2H3,(H2,20,25). The Bertz CT molecular complexity index is 869. The molecule has 0 saturated carbocycles. The van der Waals surface area contributed by atoms with Crippen molar-refractivity contribution in [3.8, 4) is 0 Å². The molecule has 134 valence electrons. The van der Waals surface area contributed by atoms with Gasteiger partial charge in [0.1, 0.15) is 11.4 Å². The van der Waals surface area contributed by atoms with Crippen LogP contribution in [0.2, 0.25) is 0 Å². The molecule has 2 N–H and O–H groups in total. The average Bonchev–Trinajstić information content (AvgIpc) is 2.58.